The molecular formula is C46H84N2O4. The maximum Gasteiger partial charge on any atom is 0.340 e. The van der Waals surface area contributed by atoms with Crippen LogP contribution in [0.5, 0.6) is 0 Å². The van der Waals surface area contributed by atoms with Crippen LogP contribution >= 0.6 is 0 Å². The Morgan fingerprint density at radius 2 is 0.615 bits per heavy atom. The molecule has 0 aliphatic rings. The van der Waals surface area contributed by atoms with Gasteiger partial charge in [0.15, 0.2) is 0 Å². The Morgan fingerprint density at radius 3 is 0.865 bits per heavy atom. The van der Waals surface area contributed by atoms with Gasteiger partial charge in [0.05, 0.1) is 11.1 Å². The van der Waals surface area contributed by atoms with Gasteiger partial charge >= 0.3 is 11.9 Å². The zero-order chi connectivity index (χ0) is 37.7. The van der Waals surface area contributed by atoms with Crippen LogP contribution < -0.4 is 0 Å². The van der Waals surface area contributed by atoms with Crippen LogP contribution in [0.25, 0.3) is 0 Å². The van der Waals surface area contributed by atoms with Crippen LogP contribution in [0.4, 0.5) is 0 Å². The molecule has 0 fully saturated rings. The molecule has 0 amide bonds. The summed E-state index contributed by atoms with van der Waals surface area (Å²) < 4.78 is 11.8. The molecule has 1 aromatic carbocycles. The first-order valence-electron chi connectivity index (χ1n) is 22.4. The van der Waals surface area contributed by atoms with E-state index in [9.17, 15) is 9.59 Å². The van der Waals surface area contributed by atoms with Crippen LogP contribution in [0.3, 0.4) is 0 Å². The molecule has 0 heterocycles. The summed E-state index contributed by atoms with van der Waals surface area (Å²) in [6, 6.07) is 7.00. The predicted molar refractivity (Wildman–Crippen MR) is 222 cm³/mol. The summed E-state index contributed by atoms with van der Waals surface area (Å²) in [5.41, 5.74) is 0.593. The third-order valence-electron chi connectivity index (χ3n) is 10.4. The van der Waals surface area contributed by atoms with Crippen LogP contribution in [-0.4, -0.2) is 61.4 Å². The topological polar surface area (TPSA) is 59.1 Å². The summed E-state index contributed by atoms with van der Waals surface area (Å²) >= 11 is 0. The molecule has 0 aromatic heterocycles. The number of nitrogens with zero attached hydrogens (tertiary/aromatic N) is 2. The summed E-state index contributed by atoms with van der Waals surface area (Å²) in [6.45, 7) is 13.3. The molecule has 0 spiro atoms. The molecular weight excluding hydrogens is 645 g/mol. The van der Waals surface area contributed by atoms with Gasteiger partial charge in [-0.2, -0.15) is 0 Å². The molecule has 302 valence electrons. The molecule has 6 heteroatoms. The van der Waals surface area contributed by atoms with Crippen LogP contribution in [0.15, 0.2) is 24.3 Å². The molecule has 0 atom stereocenters. The van der Waals surface area contributed by atoms with E-state index in [1.165, 1.54) is 154 Å². The molecule has 0 saturated heterocycles. The number of esters is 2. The van der Waals surface area contributed by atoms with E-state index in [2.05, 4.69) is 37.5 Å². The second-order valence-electron chi connectivity index (χ2n) is 15.4. The maximum atomic E-state index is 13.4. The maximum absolute atomic E-state index is 13.4. The van der Waals surface area contributed by atoms with E-state index in [0.29, 0.717) is 11.1 Å². The van der Waals surface area contributed by atoms with Gasteiger partial charge in [-0.15, -0.1) is 0 Å². The zero-order valence-corrected chi connectivity index (χ0v) is 34.9. The zero-order valence-electron chi connectivity index (χ0n) is 34.9. The number of ether oxygens (including phenoxy) is 2. The van der Waals surface area contributed by atoms with E-state index >= 15 is 0 Å². The summed E-state index contributed by atoms with van der Waals surface area (Å²) in [5.74, 6) is -0.889. The first kappa shape index (κ1) is 48.1. The van der Waals surface area contributed by atoms with E-state index in [4.69, 9.17) is 9.47 Å². The highest BCUT2D eigenvalue weighted by Gasteiger charge is 2.21. The van der Waals surface area contributed by atoms with E-state index in [-0.39, 0.29) is 13.5 Å². The number of carbonyl (C=O) groups excluding carboxylic acids is 2. The SMILES string of the molecule is CCCCCCCCCN(CCCCCCCCC)COC(=O)c1ccccc1C(=O)OCN(CCCCCCCCC)CCCCCCCCC. The lowest BCUT2D eigenvalue weighted by Gasteiger charge is -2.23. The molecule has 6 nitrogen and oxygen atoms in total. The van der Waals surface area contributed by atoms with Crippen molar-refractivity contribution in [1.29, 1.82) is 0 Å². The van der Waals surface area contributed by atoms with Crippen molar-refractivity contribution in [3.8, 4) is 0 Å². The summed E-state index contributed by atoms with van der Waals surface area (Å²) in [5, 5.41) is 0. The van der Waals surface area contributed by atoms with Crippen LogP contribution in [-0.2, 0) is 9.47 Å². The van der Waals surface area contributed by atoms with Gasteiger partial charge in [0.1, 0.15) is 13.5 Å². The number of benzene rings is 1. The molecule has 0 bridgehead atoms. The Hall–Kier alpha value is -1.92. The minimum Gasteiger partial charge on any atom is -0.446 e. The van der Waals surface area contributed by atoms with Crippen molar-refractivity contribution in [2.45, 2.75) is 207 Å². The molecule has 0 saturated carbocycles. The highest BCUT2D eigenvalue weighted by atomic mass is 16.6. The van der Waals surface area contributed by atoms with Crippen molar-refractivity contribution < 1.29 is 19.1 Å². The smallest absolute Gasteiger partial charge is 0.340 e. The quantitative estimate of drug-likeness (QED) is 0.0384. The van der Waals surface area contributed by atoms with E-state index in [0.717, 1.165) is 51.9 Å². The van der Waals surface area contributed by atoms with Crippen molar-refractivity contribution in [3.05, 3.63) is 35.4 Å². The Labute approximate surface area is 322 Å². The molecule has 0 unspecified atom stereocenters. The number of hydrogen-bond donors (Lipinski definition) is 0. The van der Waals surface area contributed by atoms with Crippen molar-refractivity contribution in [2.75, 3.05) is 39.6 Å². The van der Waals surface area contributed by atoms with Crippen LogP contribution in [0.1, 0.15) is 228 Å². The number of unbranched alkanes of at least 4 members (excludes halogenated alkanes) is 24. The second kappa shape index (κ2) is 36.1. The Balaban J connectivity index is 2.72. The Kier molecular flexibility index (Phi) is 33.4. The Bertz CT molecular complexity index is 843. The fourth-order valence-corrected chi connectivity index (χ4v) is 6.95. The molecule has 0 aliphatic heterocycles. The average molecular weight is 729 g/mol. The summed E-state index contributed by atoms with van der Waals surface area (Å²) in [6.07, 6.45) is 35.4. The van der Waals surface area contributed by atoms with Gasteiger partial charge in [0.2, 0.25) is 0 Å². The van der Waals surface area contributed by atoms with E-state index in [1.54, 1.807) is 24.3 Å². The first-order valence-corrected chi connectivity index (χ1v) is 22.4. The van der Waals surface area contributed by atoms with Gasteiger partial charge in [-0.1, -0.05) is 194 Å². The fraction of sp³-hybridized carbons (Fsp3) is 0.826. The second-order valence-corrected chi connectivity index (χ2v) is 15.4. The van der Waals surface area contributed by atoms with Crippen molar-refractivity contribution in [3.63, 3.8) is 0 Å². The normalized spacial score (nSPS) is 11.5. The summed E-state index contributed by atoms with van der Waals surface area (Å²) in [4.78, 5) is 31.5. The first-order chi connectivity index (χ1) is 25.6. The molecule has 0 N–H and O–H groups in total. The molecule has 0 radical (unpaired) electrons. The van der Waals surface area contributed by atoms with Crippen LogP contribution in [0.2, 0.25) is 0 Å². The van der Waals surface area contributed by atoms with E-state index in [1.807, 2.05) is 0 Å². The molecule has 52 heavy (non-hydrogen) atoms. The van der Waals surface area contributed by atoms with Gasteiger partial charge < -0.3 is 9.47 Å². The van der Waals surface area contributed by atoms with Gasteiger partial charge in [-0.3, -0.25) is 9.80 Å². The third-order valence-corrected chi connectivity index (χ3v) is 10.4. The highest BCUT2D eigenvalue weighted by Crippen LogP contribution is 2.16. The fourth-order valence-electron chi connectivity index (χ4n) is 6.95. The third kappa shape index (κ3) is 26.8. The molecule has 1 rings (SSSR count). The number of hydrogen-bond acceptors (Lipinski definition) is 6. The lowest BCUT2D eigenvalue weighted by molar-refractivity contribution is 0.0164. The van der Waals surface area contributed by atoms with Gasteiger partial charge in [0.25, 0.3) is 0 Å². The molecule has 0 aliphatic carbocycles. The lowest BCUT2D eigenvalue weighted by Crippen LogP contribution is -2.31. The van der Waals surface area contributed by atoms with Crippen molar-refractivity contribution in [2.24, 2.45) is 0 Å². The van der Waals surface area contributed by atoms with Gasteiger partial charge in [-0.25, -0.2) is 9.59 Å². The summed E-state index contributed by atoms with van der Waals surface area (Å²) in [7, 11) is 0. The average Bonchev–Trinajstić information content (AvgIpc) is 3.16. The minimum absolute atomic E-state index is 0.262. The Morgan fingerprint density at radius 1 is 0.385 bits per heavy atom. The lowest BCUT2D eigenvalue weighted by atomic mass is 10.1. The van der Waals surface area contributed by atoms with E-state index < -0.39 is 11.9 Å². The number of rotatable bonds is 38. The largest absolute Gasteiger partial charge is 0.446 e. The van der Waals surface area contributed by atoms with Crippen molar-refractivity contribution >= 4 is 11.9 Å². The van der Waals surface area contributed by atoms with Crippen LogP contribution in [0, 0.1) is 0 Å². The van der Waals surface area contributed by atoms with Gasteiger partial charge in [-0.05, 0) is 37.8 Å². The predicted octanol–water partition coefficient (Wildman–Crippen LogP) is 13.5. The van der Waals surface area contributed by atoms with Crippen molar-refractivity contribution in [1.82, 2.24) is 9.80 Å². The highest BCUT2D eigenvalue weighted by molar-refractivity contribution is 6.03. The minimum atomic E-state index is -0.445. The van der Waals surface area contributed by atoms with Gasteiger partial charge in [0, 0.05) is 26.2 Å². The monoisotopic (exact) mass is 729 g/mol. The number of carbonyl (C=O) groups is 2. The standard InChI is InChI=1S/C46H84N2O4/c1-5-9-13-17-21-25-31-37-47(38-32-26-22-18-14-10-6-2)41-51-45(49)43-35-29-30-36-44(43)46(50)52-42-48(39-33-27-23-19-15-11-7-3)40-34-28-24-20-16-12-8-4/h29-30,35-36H,5-28,31-34,37-42H2,1-4H3. The molecule has 1 aromatic rings.